The zero-order valence-corrected chi connectivity index (χ0v) is 4.84. The lowest BCUT2D eigenvalue weighted by molar-refractivity contribution is 0.0116. The van der Waals surface area contributed by atoms with Gasteiger partial charge in [-0.25, -0.2) is 0 Å². The Bertz CT molecular complexity index is 95.6. The van der Waals surface area contributed by atoms with E-state index in [1.165, 1.54) is 12.8 Å². The molecule has 1 nitrogen and oxygen atoms in total. The summed E-state index contributed by atoms with van der Waals surface area (Å²) >= 11 is 0. The molecular weight excluding hydrogens is 100 g/mol. The van der Waals surface area contributed by atoms with Crippen LogP contribution in [0.4, 0.5) is 0 Å². The molecule has 1 saturated heterocycles. The number of hydrogen-bond acceptors (Lipinski definition) is 1. The van der Waals surface area contributed by atoms with E-state index in [0.29, 0.717) is 6.10 Å². The van der Waals surface area contributed by atoms with Crippen LogP contribution in [0, 0.1) is 5.92 Å². The number of hydrogen-bond donors (Lipinski definition) is 0. The van der Waals surface area contributed by atoms with Crippen LogP contribution in [0.5, 0.6) is 0 Å². The predicted octanol–water partition coefficient (Wildman–Crippen LogP) is 1.35. The molecule has 0 aromatic rings. The van der Waals surface area contributed by atoms with E-state index in [4.69, 9.17) is 4.74 Å². The Labute approximate surface area is 49.3 Å². The highest BCUT2D eigenvalue weighted by Crippen LogP contribution is 2.25. The van der Waals surface area contributed by atoms with Crippen molar-refractivity contribution in [2.75, 3.05) is 6.61 Å². The minimum absolute atomic E-state index is 0.472. The third-order valence-corrected chi connectivity index (χ3v) is 1.94. The molecule has 0 aromatic carbocycles. The summed E-state index contributed by atoms with van der Waals surface area (Å²) in [6.45, 7) is 0.973. The minimum Gasteiger partial charge on any atom is -0.374 e. The first-order valence-corrected chi connectivity index (χ1v) is 3.25. The zero-order chi connectivity index (χ0) is 5.40. The van der Waals surface area contributed by atoms with Crippen molar-refractivity contribution in [3.8, 4) is 0 Å². The van der Waals surface area contributed by atoms with Crippen LogP contribution in [0.1, 0.15) is 12.8 Å². The monoisotopic (exact) mass is 110 g/mol. The van der Waals surface area contributed by atoms with Gasteiger partial charge in [0.1, 0.15) is 0 Å². The lowest BCUT2D eigenvalue weighted by Crippen LogP contribution is -2.27. The molecule has 0 spiro atoms. The summed E-state index contributed by atoms with van der Waals surface area (Å²) in [5, 5.41) is 0. The van der Waals surface area contributed by atoms with Gasteiger partial charge in [-0.15, -0.1) is 0 Å². The van der Waals surface area contributed by atoms with Gasteiger partial charge in [0.25, 0.3) is 0 Å². The highest BCUT2D eigenvalue weighted by atomic mass is 16.5. The molecule has 0 amide bonds. The maximum Gasteiger partial charge on any atom is 0.0756 e. The van der Waals surface area contributed by atoms with E-state index in [1.807, 2.05) is 0 Å². The van der Waals surface area contributed by atoms with Gasteiger partial charge in [0.05, 0.1) is 12.7 Å². The van der Waals surface area contributed by atoms with E-state index in [2.05, 4.69) is 12.2 Å². The second-order valence-electron chi connectivity index (χ2n) is 2.59. The van der Waals surface area contributed by atoms with Crippen LogP contribution in [-0.2, 0) is 4.74 Å². The quantitative estimate of drug-likeness (QED) is 0.428. The van der Waals surface area contributed by atoms with Crippen molar-refractivity contribution in [2.24, 2.45) is 5.92 Å². The SMILES string of the molecule is C1=CC2CCC1CO2. The van der Waals surface area contributed by atoms with Crippen LogP contribution in [-0.4, -0.2) is 12.7 Å². The van der Waals surface area contributed by atoms with Gasteiger partial charge >= 0.3 is 0 Å². The molecular formula is C7H10O. The van der Waals surface area contributed by atoms with Gasteiger partial charge in [0, 0.05) is 5.92 Å². The van der Waals surface area contributed by atoms with Gasteiger partial charge in [-0.2, -0.15) is 0 Å². The van der Waals surface area contributed by atoms with Crippen LogP contribution in [0.2, 0.25) is 0 Å². The molecule has 2 atom stereocenters. The van der Waals surface area contributed by atoms with E-state index in [9.17, 15) is 0 Å². The average Bonchev–Trinajstić information content (AvgIpc) is 1.92. The van der Waals surface area contributed by atoms with Crippen molar-refractivity contribution in [1.29, 1.82) is 0 Å². The third-order valence-electron chi connectivity index (χ3n) is 1.94. The second kappa shape index (κ2) is 1.59. The van der Waals surface area contributed by atoms with E-state index < -0.39 is 0 Å². The van der Waals surface area contributed by atoms with Gasteiger partial charge in [0.2, 0.25) is 0 Å². The van der Waals surface area contributed by atoms with Crippen LogP contribution in [0.25, 0.3) is 0 Å². The minimum atomic E-state index is 0.472. The van der Waals surface area contributed by atoms with Crippen molar-refractivity contribution >= 4 is 0 Å². The molecule has 3 aliphatic rings. The topological polar surface area (TPSA) is 9.23 Å². The summed E-state index contributed by atoms with van der Waals surface area (Å²) in [6, 6.07) is 0. The van der Waals surface area contributed by atoms with Gasteiger partial charge in [0.15, 0.2) is 0 Å². The highest BCUT2D eigenvalue weighted by Gasteiger charge is 2.22. The summed E-state index contributed by atoms with van der Waals surface area (Å²) in [6.07, 6.45) is 7.55. The largest absolute Gasteiger partial charge is 0.374 e. The fraction of sp³-hybridized carbons (Fsp3) is 0.714. The maximum absolute atomic E-state index is 5.39. The summed E-state index contributed by atoms with van der Waals surface area (Å²) in [4.78, 5) is 0. The molecule has 8 heavy (non-hydrogen) atoms. The summed E-state index contributed by atoms with van der Waals surface area (Å²) in [5.41, 5.74) is 0. The van der Waals surface area contributed by atoms with Gasteiger partial charge < -0.3 is 4.74 Å². The van der Waals surface area contributed by atoms with Gasteiger partial charge in [-0.05, 0) is 12.8 Å². The average molecular weight is 110 g/mol. The van der Waals surface area contributed by atoms with Crippen LogP contribution < -0.4 is 0 Å². The molecule has 1 heteroatoms. The Morgan fingerprint density at radius 1 is 1.25 bits per heavy atom. The van der Waals surface area contributed by atoms with Gasteiger partial charge in [-0.1, -0.05) is 12.2 Å². The molecule has 0 aromatic heterocycles. The number of rotatable bonds is 0. The van der Waals surface area contributed by atoms with Crippen LogP contribution in [0.15, 0.2) is 12.2 Å². The lowest BCUT2D eigenvalue weighted by atomic mass is 9.92. The Balaban J connectivity index is 2.20. The van der Waals surface area contributed by atoms with Crippen molar-refractivity contribution in [2.45, 2.75) is 18.9 Å². The molecule has 2 bridgehead atoms. The zero-order valence-electron chi connectivity index (χ0n) is 4.84. The molecule has 44 valence electrons. The molecule has 2 aliphatic heterocycles. The molecule has 0 radical (unpaired) electrons. The predicted molar refractivity (Wildman–Crippen MR) is 31.6 cm³/mol. The van der Waals surface area contributed by atoms with Crippen molar-refractivity contribution in [1.82, 2.24) is 0 Å². The Morgan fingerprint density at radius 2 is 2.25 bits per heavy atom. The smallest absolute Gasteiger partial charge is 0.0756 e. The van der Waals surface area contributed by atoms with E-state index in [1.54, 1.807) is 0 Å². The first-order chi connectivity index (χ1) is 3.95. The Morgan fingerprint density at radius 3 is 2.38 bits per heavy atom. The fourth-order valence-corrected chi connectivity index (χ4v) is 1.38. The molecule has 0 N–H and O–H groups in total. The summed E-state index contributed by atoms with van der Waals surface area (Å²) in [5.74, 6) is 0.750. The second-order valence-corrected chi connectivity index (χ2v) is 2.59. The van der Waals surface area contributed by atoms with E-state index in [-0.39, 0.29) is 0 Å². The van der Waals surface area contributed by atoms with Crippen LogP contribution in [0.3, 0.4) is 0 Å². The summed E-state index contributed by atoms with van der Waals surface area (Å²) in [7, 11) is 0. The van der Waals surface area contributed by atoms with E-state index in [0.717, 1.165) is 12.5 Å². The Kier molecular flexibility index (Phi) is 0.908. The first-order valence-electron chi connectivity index (χ1n) is 3.25. The van der Waals surface area contributed by atoms with Crippen molar-refractivity contribution in [3.63, 3.8) is 0 Å². The molecule has 3 rings (SSSR count). The van der Waals surface area contributed by atoms with Gasteiger partial charge in [-0.3, -0.25) is 0 Å². The number of fused-ring (bicyclic) bond motifs is 2. The van der Waals surface area contributed by atoms with Crippen molar-refractivity contribution < 1.29 is 4.74 Å². The summed E-state index contributed by atoms with van der Waals surface area (Å²) < 4.78 is 5.39. The third kappa shape index (κ3) is 0.583. The fourth-order valence-electron chi connectivity index (χ4n) is 1.38. The van der Waals surface area contributed by atoms with Crippen molar-refractivity contribution in [3.05, 3.63) is 12.2 Å². The normalized spacial score (nSPS) is 43.0. The Hall–Kier alpha value is -0.300. The number of ether oxygens (including phenoxy) is 1. The van der Waals surface area contributed by atoms with E-state index >= 15 is 0 Å². The maximum atomic E-state index is 5.39. The molecule has 2 unspecified atom stereocenters. The first kappa shape index (κ1) is 4.57. The molecule has 2 heterocycles. The highest BCUT2D eigenvalue weighted by molar-refractivity contribution is 5.02. The molecule has 1 aliphatic carbocycles. The lowest BCUT2D eigenvalue weighted by Gasteiger charge is -2.30. The molecule has 0 saturated carbocycles. The standard InChI is InChI=1S/C7H10O/c1-3-7-4-2-6(1)5-8-7/h1,3,6-7H,2,4-5H2. The molecule has 1 fully saturated rings. The van der Waals surface area contributed by atoms with Crippen LogP contribution >= 0.6 is 0 Å².